The van der Waals surface area contributed by atoms with Crippen LogP contribution in [0.3, 0.4) is 0 Å². The number of benzene rings is 2. The molecule has 0 saturated carbocycles. The van der Waals surface area contributed by atoms with Gasteiger partial charge in [-0.3, -0.25) is 4.79 Å². The molecule has 3 aromatic rings. The number of amides is 1. The molecule has 3 rings (SSSR count). The van der Waals surface area contributed by atoms with Gasteiger partial charge >= 0.3 is 0 Å². The predicted molar refractivity (Wildman–Crippen MR) is 103 cm³/mol. The lowest BCUT2D eigenvalue weighted by molar-refractivity contribution is -0.118. The van der Waals surface area contributed by atoms with E-state index in [0.29, 0.717) is 28.8 Å². The van der Waals surface area contributed by atoms with Crippen molar-refractivity contribution in [2.24, 2.45) is 0 Å². The van der Waals surface area contributed by atoms with Crippen LogP contribution in [0, 0.1) is 0 Å². The van der Waals surface area contributed by atoms with Gasteiger partial charge in [-0.25, -0.2) is 9.97 Å². The van der Waals surface area contributed by atoms with Gasteiger partial charge in [-0.1, -0.05) is 59.2 Å². The van der Waals surface area contributed by atoms with Gasteiger partial charge in [0, 0.05) is 22.0 Å². The number of hydrogen-bond donors (Lipinski definition) is 1. The third-order valence-corrected chi connectivity index (χ3v) is 5.17. The van der Waals surface area contributed by atoms with Crippen molar-refractivity contribution in [3.63, 3.8) is 0 Å². The maximum absolute atomic E-state index is 12.1. The van der Waals surface area contributed by atoms with E-state index in [4.69, 9.17) is 23.2 Å². The highest BCUT2D eigenvalue weighted by Gasteiger charge is 2.08. The number of hydrogen-bond acceptors (Lipinski definition) is 4. The molecule has 25 heavy (non-hydrogen) atoms. The molecule has 0 atom stereocenters. The molecule has 0 spiro atoms. The van der Waals surface area contributed by atoms with Crippen LogP contribution in [0.2, 0.25) is 10.0 Å². The molecular weight excluding hydrogens is 377 g/mol. The molecule has 0 saturated heterocycles. The molecule has 1 N–H and O–H groups in total. The molecule has 4 nitrogen and oxygen atoms in total. The number of thioether (sulfide) groups is 1. The lowest BCUT2D eigenvalue weighted by atomic mass is 10.1. The number of rotatable bonds is 6. The lowest BCUT2D eigenvalue weighted by Crippen LogP contribution is -2.27. The molecule has 0 aliphatic carbocycles. The van der Waals surface area contributed by atoms with Gasteiger partial charge < -0.3 is 5.32 Å². The number of carbonyl (C=O) groups excluding carboxylic acids is 1. The van der Waals surface area contributed by atoms with Crippen molar-refractivity contribution in [2.45, 2.75) is 11.4 Å². The van der Waals surface area contributed by atoms with Crippen molar-refractivity contribution >= 4 is 51.8 Å². The van der Waals surface area contributed by atoms with Gasteiger partial charge in [0.25, 0.3) is 0 Å². The smallest absolute Gasteiger partial charge is 0.230 e. The first-order valence-electron chi connectivity index (χ1n) is 7.66. The van der Waals surface area contributed by atoms with Crippen LogP contribution < -0.4 is 5.32 Å². The maximum Gasteiger partial charge on any atom is 0.230 e. The Morgan fingerprint density at radius 3 is 2.80 bits per heavy atom. The SMILES string of the molecule is O=C(CSc1ncnc2ccccc12)NCCc1ccc(Cl)cc1Cl. The van der Waals surface area contributed by atoms with Crippen LogP contribution in [0.1, 0.15) is 5.56 Å². The van der Waals surface area contributed by atoms with Crippen molar-refractivity contribution in [1.82, 2.24) is 15.3 Å². The summed E-state index contributed by atoms with van der Waals surface area (Å²) in [4.78, 5) is 20.5. The quantitative estimate of drug-likeness (QED) is 0.500. The molecule has 0 aliphatic rings. The minimum absolute atomic E-state index is 0.0437. The highest BCUT2D eigenvalue weighted by atomic mass is 35.5. The van der Waals surface area contributed by atoms with Crippen LogP contribution >= 0.6 is 35.0 Å². The van der Waals surface area contributed by atoms with E-state index < -0.39 is 0 Å². The van der Waals surface area contributed by atoms with Crippen molar-refractivity contribution < 1.29 is 4.79 Å². The average molecular weight is 392 g/mol. The summed E-state index contributed by atoms with van der Waals surface area (Å²) in [6, 6.07) is 13.1. The minimum Gasteiger partial charge on any atom is -0.355 e. The van der Waals surface area contributed by atoms with Crippen LogP contribution in [0.4, 0.5) is 0 Å². The van der Waals surface area contributed by atoms with Gasteiger partial charge in [0.2, 0.25) is 5.91 Å². The van der Waals surface area contributed by atoms with Crippen LogP contribution in [-0.2, 0) is 11.2 Å². The summed E-state index contributed by atoms with van der Waals surface area (Å²) in [6.45, 7) is 0.519. The molecule has 7 heteroatoms. The Morgan fingerprint density at radius 2 is 1.96 bits per heavy atom. The van der Waals surface area contributed by atoms with Crippen molar-refractivity contribution in [3.8, 4) is 0 Å². The van der Waals surface area contributed by atoms with Crippen molar-refractivity contribution in [2.75, 3.05) is 12.3 Å². The average Bonchev–Trinajstić information content (AvgIpc) is 2.62. The molecule has 1 amide bonds. The van der Waals surface area contributed by atoms with Crippen molar-refractivity contribution in [3.05, 3.63) is 64.4 Å². The standard InChI is InChI=1S/C18H15Cl2N3OS/c19-13-6-5-12(15(20)9-13)7-8-21-17(24)10-25-18-14-3-1-2-4-16(14)22-11-23-18/h1-6,9,11H,7-8,10H2,(H,21,24). The number of nitrogens with zero attached hydrogens (tertiary/aromatic N) is 2. The van der Waals surface area contributed by atoms with E-state index >= 15 is 0 Å². The highest BCUT2D eigenvalue weighted by Crippen LogP contribution is 2.24. The van der Waals surface area contributed by atoms with E-state index in [2.05, 4.69) is 15.3 Å². The molecule has 0 unspecified atom stereocenters. The van der Waals surface area contributed by atoms with Gasteiger partial charge in [0.15, 0.2) is 0 Å². The Bertz CT molecular complexity index is 899. The minimum atomic E-state index is -0.0437. The first-order chi connectivity index (χ1) is 12.1. The van der Waals surface area contributed by atoms with Gasteiger partial charge in [0.1, 0.15) is 11.4 Å². The summed E-state index contributed by atoms with van der Waals surface area (Å²) in [6.07, 6.45) is 2.17. The fourth-order valence-electron chi connectivity index (χ4n) is 2.34. The molecular formula is C18H15Cl2N3OS. The Labute approximate surface area is 160 Å². The summed E-state index contributed by atoms with van der Waals surface area (Å²) < 4.78 is 0. The second-order valence-corrected chi connectivity index (χ2v) is 7.13. The zero-order valence-corrected chi connectivity index (χ0v) is 15.5. The van der Waals surface area contributed by atoms with Crippen LogP contribution in [0.5, 0.6) is 0 Å². The number of halogens is 2. The second-order valence-electron chi connectivity index (χ2n) is 5.32. The van der Waals surface area contributed by atoms with E-state index in [1.807, 2.05) is 30.3 Å². The third-order valence-electron chi connectivity index (χ3n) is 3.58. The summed E-state index contributed by atoms with van der Waals surface area (Å²) >= 11 is 13.4. The van der Waals surface area contributed by atoms with E-state index in [1.165, 1.54) is 18.1 Å². The Morgan fingerprint density at radius 1 is 1.12 bits per heavy atom. The normalized spacial score (nSPS) is 10.8. The number of carbonyl (C=O) groups is 1. The molecule has 128 valence electrons. The molecule has 0 bridgehead atoms. The third kappa shape index (κ3) is 4.84. The van der Waals surface area contributed by atoms with Gasteiger partial charge in [-0.2, -0.15) is 0 Å². The predicted octanol–water partition coefficient (Wildman–Crippen LogP) is 4.39. The van der Waals surface area contributed by atoms with Crippen LogP contribution in [0.15, 0.2) is 53.8 Å². The van der Waals surface area contributed by atoms with Gasteiger partial charge in [-0.05, 0) is 30.2 Å². The molecule has 0 aliphatic heterocycles. The fraction of sp³-hybridized carbons (Fsp3) is 0.167. The number of nitrogens with one attached hydrogen (secondary N) is 1. The van der Waals surface area contributed by atoms with Gasteiger partial charge in [0.05, 0.1) is 11.3 Å². The highest BCUT2D eigenvalue weighted by molar-refractivity contribution is 8.00. The second kappa shape index (κ2) is 8.52. The Balaban J connectivity index is 1.51. The van der Waals surface area contributed by atoms with Crippen LogP contribution in [-0.4, -0.2) is 28.2 Å². The zero-order valence-electron chi connectivity index (χ0n) is 13.2. The first kappa shape index (κ1) is 18.0. The summed E-state index contributed by atoms with van der Waals surface area (Å²) in [7, 11) is 0. The molecule has 0 radical (unpaired) electrons. The maximum atomic E-state index is 12.1. The molecule has 1 heterocycles. The van der Waals surface area contributed by atoms with E-state index in [0.717, 1.165) is 21.5 Å². The number of para-hydroxylation sites is 1. The molecule has 1 aromatic heterocycles. The Hall–Kier alpha value is -1.82. The first-order valence-corrected chi connectivity index (χ1v) is 9.41. The van der Waals surface area contributed by atoms with Crippen molar-refractivity contribution in [1.29, 1.82) is 0 Å². The number of aromatic nitrogens is 2. The molecule has 2 aromatic carbocycles. The largest absolute Gasteiger partial charge is 0.355 e. The van der Waals surface area contributed by atoms with Gasteiger partial charge in [-0.15, -0.1) is 0 Å². The molecule has 0 fully saturated rings. The zero-order chi connectivity index (χ0) is 17.6. The summed E-state index contributed by atoms with van der Waals surface area (Å²) in [5, 5.41) is 5.88. The lowest BCUT2D eigenvalue weighted by Gasteiger charge is -2.08. The topological polar surface area (TPSA) is 54.9 Å². The number of fused-ring (bicyclic) bond motifs is 1. The summed E-state index contributed by atoms with van der Waals surface area (Å²) in [5.74, 6) is 0.257. The van der Waals surface area contributed by atoms with E-state index in [-0.39, 0.29) is 5.91 Å². The van der Waals surface area contributed by atoms with E-state index in [1.54, 1.807) is 12.1 Å². The van der Waals surface area contributed by atoms with E-state index in [9.17, 15) is 4.79 Å². The summed E-state index contributed by atoms with van der Waals surface area (Å²) in [5.41, 5.74) is 1.83. The fourth-order valence-corrected chi connectivity index (χ4v) is 3.66. The monoisotopic (exact) mass is 391 g/mol. The Kier molecular flexibility index (Phi) is 6.13. The van der Waals surface area contributed by atoms with Crippen LogP contribution in [0.25, 0.3) is 10.9 Å².